The van der Waals surface area contributed by atoms with Gasteiger partial charge in [-0.05, 0) is 47.9 Å². The molecule has 29 heavy (non-hydrogen) atoms. The van der Waals surface area contributed by atoms with Crippen molar-refractivity contribution >= 4 is 34.6 Å². The van der Waals surface area contributed by atoms with Crippen LogP contribution in [0, 0.1) is 0 Å². The smallest absolute Gasteiger partial charge is 0.257 e. The predicted octanol–water partition coefficient (Wildman–Crippen LogP) is 5.16. The average molecular weight is 388 g/mol. The molecule has 0 unspecified atom stereocenters. The summed E-state index contributed by atoms with van der Waals surface area (Å²) < 4.78 is 0. The van der Waals surface area contributed by atoms with Gasteiger partial charge in [-0.15, -0.1) is 0 Å². The third-order valence-electron chi connectivity index (χ3n) is 4.33. The van der Waals surface area contributed by atoms with Crippen LogP contribution < -0.4 is 16.0 Å². The van der Waals surface area contributed by atoms with Gasteiger partial charge in [0.05, 0.1) is 17.4 Å². The molecule has 0 aliphatic heterocycles. The molecule has 2 amide bonds. The maximum atomic E-state index is 12.6. The Balaban J connectivity index is 1.72. The maximum Gasteiger partial charge on any atom is 0.257 e. The van der Waals surface area contributed by atoms with Crippen LogP contribution in [-0.2, 0) is 4.79 Å². The topological polar surface area (TPSA) is 83.1 Å². The van der Waals surface area contributed by atoms with Gasteiger partial charge in [0, 0.05) is 30.2 Å². The second-order valence-electron chi connectivity index (χ2n) is 7.04. The molecular weight excluding hydrogens is 364 g/mol. The van der Waals surface area contributed by atoms with Crippen LogP contribution in [0.15, 0.2) is 67.0 Å². The Labute approximate surface area is 170 Å². The molecule has 1 heterocycles. The minimum absolute atomic E-state index is 0.142. The van der Waals surface area contributed by atoms with Crippen LogP contribution in [0.4, 0.5) is 22.7 Å². The van der Waals surface area contributed by atoms with Crippen molar-refractivity contribution in [2.24, 2.45) is 0 Å². The van der Waals surface area contributed by atoms with Crippen molar-refractivity contribution in [2.75, 3.05) is 16.0 Å². The van der Waals surface area contributed by atoms with Crippen molar-refractivity contribution in [1.29, 1.82) is 0 Å². The predicted molar refractivity (Wildman–Crippen MR) is 117 cm³/mol. The van der Waals surface area contributed by atoms with E-state index in [-0.39, 0.29) is 11.8 Å². The molecule has 6 nitrogen and oxygen atoms in total. The zero-order valence-electron chi connectivity index (χ0n) is 16.7. The molecule has 1 aromatic heterocycles. The summed E-state index contributed by atoms with van der Waals surface area (Å²) in [6.45, 7) is 5.73. The second kappa shape index (κ2) is 9.01. The van der Waals surface area contributed by atoms with E-state index in [1.54, 1.807) is 36.5 Å². The maximum absolute atomic E-state index is 12.6. The Morgan fingerprint density at radius 2 is 1.52 bits per heavy atom. The monoisotopic (exact) mass is 388 g/mol. The number of anilines is 4. The molecule has 2 aromatic carbocycles. The average Bonchev–Trinajstić information content (AvgIpc) is 2.69. The van der Waals surface area contributed by atoms with E-state index in [0.29, 0.717) is 22.9 Å². The number of amides is 2. The highest BCUT2D eigenvalue weighted by Crippen LogP contribution is 2.27. The molecule has 0 saturated carbocycles. The molecule has 3 rings (SSSR count). The molecule has 0 saturated heterocycles. The number of hydrogen-bond donors (Lipinski definition) is 3. The van der Waals surface area contributed by atoms with Crippen LogP contribution >= 0.6 is 0 Å². The number of rotatable bonds is 6. The number of aromatic nitrogens is 1. The normalized spacial score (nSPS) is 10.5. The Morgan fingerprint density at radius 1 is 0.862 bits per heavy atom. The van der Waals surface area contributed by atoms with Gasteiger partial charge in [-0.3, -0.25) is 14.6 Å². The first-order valence-electron chi connectivity index (χ1n) is 9.42. The first-order valence-corrected chi connectivity index (χ1v) is 9.42. The Hall–Kier alpha value is -3.67. The summed E-state index contributed by atoms with van der Waals surface area (Å²) >= 11 is 0. The number of para-hydroxylation sites is 1. The van der Waals surface area contributed by atoms with E-state index >= 15 is 0 Å². The summed E-state index contributed by atoms with van der Waals surface area (Å²) in [6, 6.07) is 16.8. The highest BCUT2D eigenvalue weighted by atomic mass is 16.2. The second-order valence-corrected chi connectivity index (χ2v) is 7.04. The van der Waals surface area contributed by atoms with E-state index in [0.717, 1.165) is 11.4 Å². The van der Waals surface area contributed by atoms with E-state index in [1.807, 2.05) is 18.2 Å². The van der Waals surface area contributed by atoms with Crippen molar-refractivity contribution in [1.82, 2.24) is 4.98 Å². The highest BCUT2D eigenvalue weighted by molar-refractivity contribution is 6.04. The number of carbonyl (C=O) groups is 2. The van der Waals surface area contributed by atoms with E-state index in [4.69, 9.17) is 0 Å². The minimum Gasteiger partial charge on any atom is -0.354 e. The lowest BCUT2D eigenvalue weighted by atomic mass is 10.0. The Bertz CT molecular complexity index is 1010. The number of benzene rings is 2. The summed E-state index contributed by atoms with van der Waals surface area (Å²) in [5.74, 6) is -0.0274. The molecule has 0 bridgehead atoms. The Morgan fingerprint density at radius 3 is 2.17 bits per heavy atom. The molecule has 148 valence electrons. The zero-order chi connectivity index (χ0) is 20.8. The zero-order valence-corrected chi connectivity index (χ0v) is 16.7. The van der Waals surface area contributed by atoms with Gasteiger partial charge in [0.1, 0.15) is 0 Å². The van der Waals surface area contributed by atoms with E-state index < -0.39 is 0 Å². The first kappa shape index (κ1) is 20.1. The van der Waals surface area contributed by atoms with Crippen LogP contribution in [0.1, 0.15) is 42.6 Å². The molecule has 0 radical (unpaired) electrons. The summed E-state index contributed by atoms with van der Waals surface area (Å²) in [5.41, 5.74) is 4.69. The summed E-state index contributed by atoms with van der Waals surface area (Å²) in [5, 5.41) is 8.89. The molecule has 0 spiro atoms. The van der Waals surface area contributed by atoms with Crippen molar-refractivity contribution in [3.63, 3.8) is 0 Å². The van der Waals surface area contributed by atoms with Gasteiger partial charge in [0.15, 0.2) is 0 Å². The van der Waals surface area contributed by atoms with Crippen LogP contribution in [0.5, 0.6) is 0 Å². The molecule has 6 heteroatoms. The highest BCUT2D eigenvalue weighted by Gasteiger charge is 2.10. The molecular formula is C23H24N4O2. The fourth-order valence-corrected chi connectivity index (χ4v) is 2.95. The van der Waals surface area contributed by atoms with Gasteiger partial charge in [0.25, 0.3) is 5.91 Å². The number of nitrogens with zero attached hydrogens (tertiary/aromatic N) is 1. The number of carbonyl (C=O) groups excluding carboxylic acids is 2. The quantitative estimate of drug-likeness (QED) is 0.545. The minimum atomic E-state index is -0.259. The molecule has 3 aromatic rings. The summed E-state index contributed by atoms with van der Waals surface area (Å²) in [7, 11) is 0. The van der Waals surface area contributed by atoms with E-state index in [1.165, 1.54) is 18.7 Å². The largest absolute Gasteiger partial charge is 0.354 e. The SMILES string of the molecule is CC(=O)Nc1ccc(NC(=O)c2cncc(Nc3ccccc3C(C)C)c2)cc1. The van der Waals surface area contributed by atoms with Crippen molar-refractivity contribution in [3.05, 3.63) is 78.1 Å². The molecule has 0 aliphatic carbocycles. The lowest BCUT2D eigenvalue weighted by Crippen LogP contribution is -2.13. The molecule has 3 N–H and O–H groups in total. The van der Waals surface area contributed by atoms with Gasteiger partial charge >= 0.3 is 0 Å². The van der Waals surface area contributed by atoms with E-state index in [2.05, 4.69) is 40.8 Å². The third-order valence-corrected chi connectivity index (χ3v) is 4.33. The molecule has 0 aliphatic rings. The number of nitrogens with one attached hydrogen (secondary N) is 3. The summed E-state index contributed by atoms with van der Waals surface area (Å²) in [6.07, 6.45) is 3.22. The van der Waals surface area contributed by atoms with Gasteiger partial charge in [-0.2, -0.15) is 0 Å². The fourth-order valence-electron chi connectivity index (χ4n) is 2.95. The van der Waals surface area contributed by atoms with Crippen molar-refractivity contribution in [2.45, 2.75) is 26.7 Å². The standard InChI is InChI=1S/C23H24N4O2/c1-15(2)21-6-4-5-7-22(21)26-20-12-17(13-24-14-20)23(29)27-19-10-8-18(9-11-19)25-16(3)28/h4-15,26H,1-3H3,(H,25,28)(H,27,29). The first-order chi connectivity index (χ1) is 13.9. The van der Waals surface area contributed by atoms with Crippen molar-refractivity contribution in [3.8, 4) is 0 Å². The van der Waals surface area contributed by atoms with E-state index in [9.17, 15) is 9.59 Å². The summed E-state index contributed by atoms with van der Waals surface area (Å²) in [4.78, 5) is 27.9. The lowest BCUT2D eigenvalue weighted by Gasteiger charge is -2.15. The number of pyridine rings is 1. The fraction of sp³-hybridized carbons (Fsp3) is 0.174. The molecule has 0 atom stereocenters. The lowest BCUT2D eigenvalue weighted by molar-refractivity contribution is -0.114. The van der Waals surface area contributed by atoms with Gasteiger partial charge in [-0.25, -0.2) is 0 Å². The third kappa shape index (κ3) is 5.42. The van der Waals surface area contributed by atoms with Gasteiger partial charge < -0.3 is 16.0 Å². The molecule has 0 fully saturated rings. The van der Waals surface area contributed by atoms with Crippen LogP contribution in [0.3, 0.4) is 0 Å². The van der Waals surface area contributed by atoms with Gasteiger partial charge in [0.2, 0.25) is 5.91 Å². The van der Waals surface area contributed by atoms with Crippen molar-refractivity contribution < 1.29 is 9.59 Å². The van der Waals surface area contributed by atoms with Crippen LogP contribution in [-0.4, -0.2) is 16.8 Å². The van der Waals surface area contributed by atoms with Gasteiger partial charge in [-0.1, -0.05) is 32.0 Å². The van der Waals surface area contributed by atoms with Crippen LogP contribution in [0.2, 0.25) is 0 Å². The number of hydrogen-bond acceptors (Lipinski definition) is 4. The van der Waals surface area contributed by atoms with Crippen LogP contribution in [0.25, 0.3) is 0 Å². The Kier molecular flexibility index (Phi) is 6.24.